The molecule has 1 fully saturated rings. The van der Waals surface area contributed by atoms with Crippen molar-refractivity contribution in [3.8, 4) is 11.1 Å². The Bertz CT molecular complexity index is 849. The SMILES string of the molecule is Cc1ccc(-c2cn[nH]c2C2CCCN(C(=O)c3ccco3)C2)cc1. The van der Waals surface area contributed by atoms with Crippen molar-refractivity contribution in [2.24, 2.45) is 0 Å². The Morgan fingerprint density at radius 3 is 2.88 bits per heavy atom. The number of nitrogens with one attached hydrogen (secondary N) is 1. The van der Waals surface area contributed by atoms with Crippen molar-refractivity contribution < 1.29 is 9.21 Å². The van der Waals surface area contributed by atoms with Gasteiger partial charge in [-0.05, 0) is 37.5 Å². The number of aromatic nitrogens is 2. The van der Waals surface area contributed by atoms with Gasteiger partial charge in [-0.1, -0.05) is 29.8 Å². The molecule has 1 amide bonds. The van der Waals surface area contributed by atoms with Crippen LogP contribution in [0.1, 0.15) is 40.6 Å². The van der Waals surface area contributed by atoms with E-state index in [0.717, 1.165) is 36.2 Å². The number of nitrogens with zero attached hydrogens (tertiary/aromatic N) is 2. The zero-order chi connectivity index (χ0) is 17.2. The van der Waals surface area contributed by atoms with Crippen LogP contribution in [0.15, 0.2) is 53.3 Å². The molecule has 3 heterocycles. The Hall–Kier alpha value is -2.82. The number of hydrogen-bond acceptors (Lipinski definition) is 3. The largest absolute Gasteiger partial charge is 0.459 e. The van der Waals surface area contributed by atoms with E-state index in [-0.39, 0.29) is 11.8 Å². The fraction of sp³-hybridized carbons (Fsp3) is 0.300. The van der Waals surface area contributed by atoms with E-state index < -0.39 is 0 Å². The van der Waals surface area contributed by atoms with Gasteiger partial charge in [-0.15, -0.1) is 0 Å². The minimum absolute atomic E-state index is 0.0360. The zero-order valence-electron chi connectivity index (χ0n) is 14.2. The summed E-state index contributed by atoms with van der Waals surface area (Å²) in [5.74, 6) is 0.626. The first kappa shape index (κ1) is 15.7. The maximum absolute atomic E-state index is 12.6. The molecule has 5 heteroatoms. The number of aryl methyl sites for hydroxylation is 1. The summed E-state index contributed by atoms with van der Waals surface area (Å²) < 4.78 is 5.27. The molecule has 0 bridgehead atoms. The number of H-pyrrole nitrogens is 1. The highest BCUT2D eigenvalue weighted by Gasteiger charge is 2.29. The second-order valence-electron chi connectivity index (χ2n) is 6.63. The van der Waals surface area contributed by atoms with Crippen molar-refractivity contribution in [2.45, 2.75) is 25.7 Å². The van der Waals surface area contributed by atoms with Gasteiger partial charge < -0.3 is 9.32 Å². The molecule has 1 aromatic carbocycles. The van der Waals surface area contributed by atoms with E-state index in [1.54, 1.807) is 18.4 Å². The predicted octanol–water partition coefficient (Wildman–Crippen LogP) is 4.00. The summed E-state index contributed by atoms with van der Waals surface area (Å²) in [7, 11) is 0. The van der Waals surface area contributed by atoms with Gasteiger partial charge in [-0.3, -0.25) is 9.89 Å². The Morgan fingerprint density at radius 1 is 1.28 bits per heavy atom. The van der Waals surface area contributed by atoms with Crippen LogP contribution in [0.25, 0.3) is 11.1 Å². The molecule has 0 aliphatic carbocycles. The van der Waals surface area contributed by atoms with Crippen LogP contribution in [0.2, 0.25) is 0 Å². The third kappa shape index (κ3) is 3.09. The van der Waals surface area contributed by atoms with E-state index >= 15 is 0 Å². The van der Waals surface area contributed by atoms with Gasteiger partial charge in [-0.25, -0.2) is 0 Å². The third-order valence-corrected chi connectivity index (χ3v) is 4.88. The molecule has 3 aromatic rings. The number of carbonyl (C=O) groups excluding carboxylic acids is 1. The normalized spacial score (nSPS) is 17.6. The minimum atomic E-state index is -0.0360. The second kappa shape index (κ2) is 6.59. The average Bonchev–Trinajstić information content (AvgIpc) is 3.34. The summed E-state index contributed by atoms with van der Waals surface area (Å²) in [5.41, 5.74) is 4.63. The Kier molecular flexibility index (Phi) is 4.14. The molecule has 4 rings (SSSR count). The number of amides is 1. The number of benzene rings is 1. The van der Waals surface area contributed by atoms with Crippen LogP contribution in [0.4, 0.5) is 0 Å². The minimum Gasteiger partial charge on any atom is -0.459 e. The van der Waals surface area contributed by atoms with Gasteiger partial charge in [-0.2, -0.15) is 5.10 Å². The number of aromatic amines is 1. The first-order chi connectivity index (χ1) is 12.2. The highest BCUT2D eigenvalue weighted by molar-refractivity contribution is 5.91. The fourth-order valence-electron chi connectivity index (χ4n) is 3.52. The zero-order valence-corrected chi connectivity index (χ0v) is 14.2. The quantitative estimate of drug-likeness (QED) is 0.787. The molecule has 0 saturated carbocycles. The number of likely N-dealkylation sites (tertiary alicyclic amines) is 1. The van der Waals surface area contributed by atoms with Crippen LogP contribution in [-0.4, -0.2) is 34.1 Å². The Labute approximate surface area is 146 Å². The van der Waals surface area contributed by atoms with E-state index in [2.05, 4.69) is 41.4 Å². The molecule has 0 radical (unpaired) electrons. The van der Waals surface area contributed by atoms with Crippen molar-refractivity contribution in [3.63, 3.8) is 0 Å². The van der Waals surface area contributed by atoms with E-state index in [1.165, 1.54) is 5.56 Å². The maximum atomic E-state index is 12.6. The first-order valence-corrected chi connectivity index (χ1v) is 8.65. The summed E-state index contributed by atoms with van der Waals surface area (Å²) in [6.07, 6.45) is 5.44. The molecule has 1 atom stereocenters. The summed E-state index contributed by atoms with van der Waals surface area (Å²) in [5, 5.41) is 7.44. The second-order valence-corrected chi connectivity index (χ2v) is 6.63. The van der Waals surface area contributed by atoms with Gasteiger partial charge >= 0.3 is 0 Å². The monoisotopic (exact) mass is 335 g/mol. The molecule has 1 aliphatic heterocycles. The topological polar surface area (TPSA) is 62.1 Å². The van der Waals surface area contributed by atoms with Gasteiger partial charge in [0.1, 0.15) is 0 Å². The van der Waals surface area contributed by atoms with Gasteiger partial charge in [0.05, 0.1) is 12.5 Å². The molecule has 25 heavy (non-hydrogen) atoms. The van der Waals surface area contributed by atoms with Crippen LogP contribution in [0.3, 0.4) is 0 Å². The van der Waals surface area contributed by atoms with Gasteiger partial charge in [0.2, 0.25) is 0 Å². The predicted molar refractivity (Wildman–Crippen MR) is 95.3 cm³/mol. The number of rotatable bonds is 3. The lowest BCUT2D eigenvalue weighted by molar-refractivity contribution is 0.0674. The summed E-state index contributed by atoms with van der Waals surface area (Å²) >= 11 is 0. The Balaban J connectivity index is 1.57. The van der Waals surface area contributed by atoms with Crippen LogP contribution in [-0.2, 0) is 0 Å². The highest BCUT2D eigenvalue weighted by atomic mass is 16.3. The average molecular weight is 335 g/mol. The van der Waals surface area contributed by atoms with Crippen molar-refractivity contribution in [2.75, 3.05) is 13.1 Å². The van der Waals surface area contributed by atoms with Gasteiger partial charge in [0, 0.05) is 30.3 Å². The molecule has 2 aromatic heterocycles. The summed E-state index contributed by atoms with van der Waals surface area (Å²) in [6.45, 7) is 3.53. The molecule has 0 spiro atoms. The molecular formula is C20H21N3O2. The summed E-state index contributed by atoms with van der Waals surface area (Å²) in [6, 6.07) is 11.9. The summed E-state index contributed by atoms with van der Waals surface area (Å²) in [4.78, 5) is 14.5. The van der Waals surface area contributed by atoms with Gasteiger partial charge in [0.15, 0.2) is 5.76 Å². The van der Waals surface area contributed by atoms with Crippen LogP contribution in [0.5, 0.6) is 0 Å². The highest BCUT2D eigenvalue weighted by Crippen LogP contribution is 2.33. The molecule has 1 saturated heterocycles. The van der Waals surface area contributed by atoms with E-state index in [4.69, 9.17) is 4.42 Å². The maximum Gasteiger partial charge on any atom is 0.289 e. The number of carbonyl (C=O) groups is 1. The third-order valence-electron chi connectivity index (χ3n) is 4.88. The van der Waals surface area contributed by atoms with Crippen LogP contribution in [0, 0.1) is 6.92 Å². The van der Waals surface area contributed by atoms with E-state index in [0.29, 0.717) is 12.3 Å². The van der Waals surface area contributed by atoms with E-state index in [9.17, 15) is 4.79 Å². The smallest absolute Gasteiger partial charge is 0.289 e. The van der Waals surface area contributed by atoms with Crippen LogP contribution >= 0.6 is 0 Å². The van der Waals surface area contributed by atoms with Crippen molar-refractivity contribution in [1.82, 2.24) is 15.1 Å². The molecule has 5 nitrogen and oxygen atoms in total. The standard InChI is InChI=1S/C20H21N3O2/c1-14-6-8-15(9-7-14)17-12-21-22-19(17)16-4-2-10-23(13-16)20(24)18-5-3-11-25-18/h3,5-9,11-12,16H,2,4,10,13H2,1H3,(H,21,22). The van der Waals surface area contributed by atoms with Crippen LogP contribution < -0.4 is 0 Å². The molecule has 1 aliphatic rings. The molecule has 128 valence electrons. The number of hydrogen-bond donors (Lipinski definition) is 1. The molecule has 1 N–H and O–H groups in total. The lowest BCUT2D eigenvalue weighted by Gasteiger charge is -2.32. The molecular weight excluding hydrogens is 314 g/mol. The van der Waals surface area contributed by atoms with E-state index in [1.807, 2.05) is 11.1 Å². The lowest BCUT2D eigenvalue weighted by atomic mass is 9.90. The first-order valence-electron chi connectivity index (χ1n) is 8.65. The van der Waals surface area contributed by atoms with Crippen molar-refractivity contribution >= 4 is 5.91 Å². The van der Waals surface area contributed by atoms with Crippen molar-refractivity contribution in [1.29, 1.82) is 0 Å². The number of furan rings is 1. The van der Waals surface area contributed by atoms with Crippen molar-refractivity contribution in [3.05, 3.63) is 65.9 Å². The van der Waals surface area contributed by atoms with Gasteiger partial charge in [0.25, 0.3) is 5.91 Å². The number of piperidine rings is 1. The molecule has 1 unspecified atom stereocenters. The fourth-order valence-corrected chi connectivity index (χ4v) is 3.52. The Morgan fingerprint density at radius 2 is 2.12 bits per heavy atom. The lowest BCUT2D eigenvalue weighted by Crippen LogP contribution is -2.39.